The molecule has 0 atom stereocenters. The minimum absolute atomic E-state index is 0.381. The number of nitrogen functional groups attached to an aromatic ring is 1. The van der Waals surface area contributed by atoms with Crippen molar-refractivity contribution in [1.29, 1.82) is 0 Å². The molecule has 1 saturated heterocycles. The van der Waals surface area contributed by atoms with Crippen LogP contribution in [0.15, 0.2) is 18.2 Å². The van der Waals surface area contributed by atoms with Gasteiger partial charge in [0.15, 0.2) is 5.75 Å². The Balaban J connectivity index is 1.95. The number of nitrogens with zero attached hydrogens (tertiary/aromatic N) is 1. The quantitative estimate of drug-likeness (QED) is 0.658. The van der Waals surface area contributed by atoms with E-state index in [-0.39, 0.29) is 0 Å². The summed E-state index contributed by atoms with van der Waals surface area (Å²) in [6, 6.07) is 5.11. The van der Waals surface area contributed by atoms with Gasteiger partial charge in [0.2, 0.25) is 0 Å². The van der Waals surface area contributed by atoms with Crippen molar-refractivity contribution in [2.45, 2.75) is 19.3 Å². The van der Waals surface area contributed by atoms with Crippen LogP contribution >= 0.6 is 0 Å². The zero-order valence-corrected chi connectivity index (χ0v) is 11.9. The number of methoxy groups -OCH3 is 1. The lowest BCUT2D eigenvalue weighted by Crippen LogP contribution is -2.33. The van der Waals surface area contributed by atoms with Crippen LogP contribution in [0.3, 0.4) is 0 Å². The number of likely N-dealkylation sites (tertiary alicyclic amines) is 1. The highest BCUT2D eigenvalue weighted by atomic mass is 16.5. The third-order valence-electron chi connectivity index (χ3n) is 3.55. The summed E-state index contributed by atoms with van der Waals surface area (Å²) >= 11 is 0. The van der Waals surface area contributed by atoms with Gasteiger partial charge >= 0.3 is 5.97 Å². The molecular weight excluding hydrogens is 256 g/mol. The molecule has 0 amide bonds. The summed E-state index contributed by atoms with van der Waals surface area (Å²) in [5.74, 6) is 0.00151. The maximum Gasteiger partial charge on any atom is 0.341 e. The Morgan fingerprint density at radius 2 is 2.05 bits per heavy atom. The largest absolute Gasteiger partial charge is 0.489 e. The first-order valence-electron chi connectivity index (χ1n) is 7.04. The number of rotatable bonds is 5. The van der Waals surface area contributed by atoms with E-state index < -0.39 is 5.97 Å². The van der Waals surface area contributed by atoms with Gasteiger partial charge in [-0.05, 0) is 38.1 Å². The van der Waals surface area contributed by atoms with Crippen LogP contribution < -0.4 is 10.5 Å². The Morgan fingerprint density at radius 1 is 1.30 bits per heavy atom. The molecule has 0 aromatic heterocycles. The van der Waals surface area contributed by atoms with Crippen molar-refractivity contribution in [3.8, 4) is 5.75 Å². The van der Waals surface area contributed by atoms with Gasteiger partial charge in [-0.25, -0.2) is 4.79 Å². The Kier molecular flexibility index (Phi) is 5.24. The summed E-state index contributed by atoms with van der Waals surface area (Å²) in [6.45, 7) is 3.63. The van der Waals surface area contributed by atoms with E-state index in [9.17, 15) is 4.79 Å². The fourth-order valence-corrected chi connectivity index (χ4v) is 2.45. The normalized spacial score (nSPS) is 15.8. The predicted octanol–water partition coefficient (Wildman–Crippen LogP) is 1.92. The number of benzene rings is 1. The van der Waals surface area contributed by atoms with Crippen molar-refractivity contribution in [3.63, 3.8) is 0 Å². The SMILES string of the molecule is COC(=O)c1cccc(N)c1OCCN1CCCCC1. The van der Waals surface area contributed by atoms with Crippen LogP contribution in [-0.4, -0.2) is 44.2 Å². The molecule has 0 saturated carbocycles. The molecule has 110 valence electrons. The highest BCUT2D eigenvalue weighted by molar-refractivity contribution is 5.94. The lowest BCUT2D eigenvalue weighted by atomic mass is 10.1. The molecule has 5 nitrogen and oxygen atoms in total. The molecule has 0 unspecified atom stereocenters. The van der Waals surface area contributed by atoms with Crippen molar-refractivity contribution in [1.82, 2.24) is 4.90 Å². The van der Waals surface area contributed by atoms with Gasteiger partial charge in [-0.1, -0.05) is 12.5 Å². The molecule has 0 spiro atoms. The van der Waals surface area contributed by atoms with Gasteiger partial charge < -0.3 is 15.2 Å². The standard InChI is InChI=1S/C15H22N2O3/c1-19-15(18)12-6-5-7-13(16)14(12)20-11-10-17-8-3-2-4-9-17/h5-7H,2-4,8-11,16H2,1H3. The molecule has 2 N–H and O–H groups in total. The number of ether oxygens (including phenoxy) is 2. The fraction of sp³-hybridized carbons (Fsp3) is 0.533. The third kappa shape index (κ3) is 3.63. The van der Waals surface area contributed by atoms with Crippen LogP contribution in [0.1, 0.15) is 29.6 Å². The monoisotopic (exact) mass is 278 g/mol. The van der Waals surface area contributed by atoms with Crippen molar-refractivity contribution < 1.29 is 14.3 Å². The first kappa shape index (κ1) is 14.7. The molecule has 1 aromatic carbocycles. The number of piperidine rings is 1. The highest BCUT2D eigenvalue weighted by Crippen LogP contribution is 2.27. The summed E-state index contributed by atoms with van der Waals surface area (Å²) in [5.41, 5.74) is 6.73. The van der Waals surface area contributed by atoms with E-state index in [2.05, 4.69) is 4.90 Å². The molecule has 1 aromatic rings. The number of hydrogen-bond donors (Lipinski definition) is 1. The van der Waals surface area contributed by atoms with Crippen LogP contribution in [0.4, 0.5) is 5.69 Å². The molecule has 5 heteroatoms. The number of nitrogens with two attached hydrogens (primary N) is 1. The zero-order chi connectivity index (χ0) is 14.4. The number of hydrogen-bond acceptors (Lipinski definition) is 5. The minimum atomic E-state index is -0.426. The molecule has 1 fully saturated rings. The van der Waals surface area contributed by atoms with E-state index in [4.69, 9.17) is 15.2 Å². The Morgan fingerprint density at radius 3 is 2.75 bits per heavy atom. The van der Waals surface area contributed by atoms with Gasteiger partial charge in [0.05, 0.1) is 12.8 Å². The average molecular weight is 278 g/mol. The second-order valence-electron chi connectivity index (χ2n) is 4.97. The van der Waals surface area contributed by atoms with Gasteiger partial charge in [0, 0.05) is 6.54 Å². The fourth-order valence-electron chi connectivity index (χ4n) is 2.45. The van der Waals surface area contributed by atoms with E-state index in [1.807, 2.05) is 0 Å². The lowest BCUT2D eigenvalue weighted by molar-refractivity contribution is 0.0595. The Bertz CT molecular complexity index is 456. The van der Waals surface area contributed by atoms with Crippen molar-refractivity contribution in [2.75, 3.05) is 39.1 Å². The third-order valence-corrected chi connectivity index (χ3v) is 3.55. The van der Waals surface area contributed by atoms with Crippen LogP contribution in [0.2, 0.25) is 0 Å². The van der Waals surface area contributed by atoms with E-state index in [1.165, 1.54) is 26.4 Å². The summed E-state index contributed by atoms with van der Waals surface area (Å²) in [4.78, 5) is 14.1. The summed E-state index contributed by atoms with van der Waals surface area (Å²) in [7, 11) is 1.35. The lowest BCUT2D eigenvalue weighted by Gasteiger charge is -2.26. The van der Waals surface area contributed by atoms with Crippen molar-refractivity contribution >= 4 is 11.7 Å². The van der Waals surface area contributed by atoms with E-state index in [0.717, 1.165) is 19.6 Å². The van der Waals surface area contributed by atoms with Gasteiger partial charge in [-0.3, -0.25) is 4.90 Å². The van der Waals surface area contributed by atoms with Crippen LogP contribution in [0, 0.1) is 0 Å². The average Bonchev–Trinajstić information content (AvgIpc) is 2.49. The maximum absolute atomic E-state index is 11.7. The smallest absolute Gasteiger partial charge is 0.341 e. The van der Waals surface area contributed by atoms with E-state index >= 15 is 0 Å². The first-order chi connectivity index (χ1) is 9.72. The molecule has 0 bridgehead atoms. The number of anilines is 1. The second-order valence-corrected chi connectivity index (χ2v) is 4.97. The molecule has 20 heavy (non-hydrogen) atoms. The predicted molar refractivity (Wildman–Crippen MR) is 78.0 cm³/mol. The van der Waals surface area contributed by atoms with E-state index in [0.29, 0.717) is 23.6 Å². The van der Waals surface area contributed by atoms with Gasteiger partial charge in [-0.2, -0.15) is 0 Å². The molecule has 1 aliphatic rings. The summed E-state index contributed by atoms with van der Waals surface area (Å²) in [6.07, 6.45) is 3.82. The number of carbonyl (C=O) groups is 1. The second kappa shape index (κ2) is 7.14. The van der Waals surface area contributed by atoms with E-state index in [1.54, 1.807) is 18.2 Å². The van der Waals surface area contributed by atoms with Crippen LogP contribution in [0.25, 0.3) is 0 Å². The van der Waals surface area contributed by atoms with Gasteiger partial charge in [-0.15, -0.1) is 0 Å². The number of carbonyl (C=O) groups excluding carboxylic acids is 1. The topological polar surface area (TPSA) is 64.8 Å². The first-order valence-corrected chi connectivity index (χ1v) is 7.04. The molecule has 0 aliphatic carbocycles. The number of esters is 1. The molecule has 2 rings (SSSR count). The Hall–Kier alpha value is -1.75. The Labute approximate surface area is 119 Å². The van der Waals surface area contributed by atoms with Gasteiger partial charge in [0.1, 0.15) is 12.2 Å². The molecular formula is C15H22N2O3. The maximum atomic E-state index is 11.7. The summed E-state index contributed by atoms with van der Waals surface area (Å²) < 4.78 is 10.5. The van der Waals surface area contributed by atoms with Crippen molar-refractivity contribution in [2.24, 2.45) is 0 Å². The van der Waals surface area contributed by atoms with Gasteiger partial charge in [0.25, 0.3) is 0 Å². The minimum Gasteiger partial charge on any atom is -0.489 e. The number of para-hydroxylation sites is 1. The molecule has 1 aliphatic heterocycles. The molecule has 1 heterocycles. The highest BCUT2D eigenvalue weighted by Gasteiger charge is 2.16. The molecule has 0 radical (unpaired) electrons. The van der Waals surface area contributed by atoms with Crippen LogP contribution in [-0.2, 0) is 4.74 Å². The van der Waals surface area contributed by atoms with Crippen LogP contribution in [0.5, 0.6) is 5.75 Å². The summed E-state index contributed by atoms with van der Waals surface area (Å²) in [5, 5.41) is 0. The zero-order valence-electron chi connectivity index (χ0n) is 11.9. The van der Waals surface area contributed by atoms with Crippen molar-refractivity contribution in [3.05, 3.63) is 23.8 Å².